The molecule has 2 aromatic carbocycles. The molecule has 0 aliphatic carbocycles. The number of Topliss-reactive ketones (excluding diaryl/α,β-unsaturated/α-hetero) is 1. The molecule has 1 atom stereocenters. The normalized spacial score (nSPS) is 11.5. The molecule has 0 aliphatic heterocycles. The van der Waals surface area contributed by atoms with Gasteiger partial charge < -0.3 is 9.64 Å². The third-order valence-electron chi connectivity index (χ3n) is 3.85. The maximum Gasteiger partial charge on any atom is 0.307 e. The van der Waals surface area contributed by atoms with E-state index in [0.717, 1.165) is 0 Å². The Balaban J connectivity index is 1.83. The quantitative estimate of drug-likeness (QED) is 0.545. The molecule has 0 saturated carbocycles. The van der Waals surface area contributed by atoms with Crippen LogP contribution in [0.4, 0.5) is 5.69 Å². The minimum atomic E-state index is -0.932. The number of ketones is 1. The lowest BCUT2D eigenvalue weighted by Gasteiger charge is -2.21. The van der Waals surface area contributed by atoms with E-state index in [1.54, 1.807) is 43.4 Å². The molecule has 0 heterocycles. The standard InChI is InChI=1S/C20H20ClNO4/c1-14(20(25)22(2)17-6-4-3-5-7-17)26-19(24)13-12-18(23)15-8-10-16(21)11-9-15/h3-11,14H,12-13H2,1-2H3. The second-order valence-corrected chi connectivity index (χ2v) is 6.23. The van der Waals surface area contributed by atoms with Crippen molar-refractivity contribution in [2.45, 2.75) is 25.9 Å². The van der Waals surface area contributed by atoms with Gasteiger partial charge in [-0.2, -0.15) is 0 Å². The van der Waals surface area contributed by atoms with E-state index >= 15 is 0 Å². The Hall–Kier alpha value is -2.66. The number of hydrogen-bond acceptors (Lipinski definition) is 4. The van der Waals surface area contributed by atoms with Gasteiger partial charge in [0.15, 0.2) is 11.9 Å². The van der Waals surface area contributed by atoms with Gasteiger partial charge in [0.1, 0.15) is 0 Å². The number of halogens is 1. The average molecular weight is 374 g/mol. The summed E-state index contributed by atoms with van der Waals surface area (Å²) in [6, 6.07) is 15.5. The van der Waals surface area contributed by atoms with Gasteiger partial charge in [-0.3, -0.25) is 14.4 Å². The minimum Gasteiger partial charge on any atom is -0.453 e. The molecule has 26 heavy (non-hydrogen) atoms. The largest absolute Gasteiger partial charge is 0.453 e. The van der Waals surface area contributed by atoms with Crippen molar-refractivity contribution in [2.24, 2.45) is 0 Å². The summed E-state index contributed by atoms with van der Waals surface area (Å²) in [7, 11) is 1.62. The molecule has 0 aliphatic rings. The SMILES string of the molecule is CC(OC(=O)CCC(=O)c1ccc(Cl)cc1)C(=O)N(C)c1ccccc1. The van der Waals surface area contributed by atoms with Crippen molar-refractivity contribution < 1.29 is 19.1 Å². The van der Waals surface area contributed by atoms with E-state index < -0.39 is 12.1 Å². The van der Waals surface area contributed by atoms with Gasteiger partial charge in [0, 0.05) is 29.7 Å². The second-order valence-electron chi connectivity index (χ2n) is 5.79. The zero-order chi connectivity index (χ0) is 19.1. The van der Waals surface area contributed by atoms with Gasteiger partial charge in [-0.05, 0) is 43.3 Å². The molecule has 0 spiro atoms. The Bertz CT molecular complexity index is 774. The number of ether oxygens (including phenoxy) is 1. The number of rotatable bonds is 7. The highest BCUT2D eigenvalue weighted by Crippen LogP contribution is 2.15. The Morgan fingerprint density at radius 1 is 1.00 bits per heavy atom. The number of para-hydroxylation sites is 1. The number of likely N-dealkylation sites (N-methyl/N-ethyl adjacent to an activating group) is 1. The molecular weight excluding hydrogens is 354 g/mol. The van der Waals surface area contributed by atoms with Crippen molar-refractivity contribution in [1.29, 1.82) is 0 Å². The summed E-state index contributed by atoms with van der Waals surface area (Å²) in [6.07, 6.45) is -1.01. The Labute approximate surface area is 157 Å². The monoisotopic (exact) mass is 373 g/mol. The molecule has 0 aromatic heterocycles. The second kappa shape index (κ2) is 9.15. The fourth-order valence-corrected chi connectivity index (χ4v) is 2.48. The van der Waals surface area contributed by atoms with Crippen LogP contribution in [0.25, 0.3) is 0 Å². The number of anilines is 1. The van der Waals surface area contributed by atoms with Crippen LogP contribution in [0.2, 0.25) is 5.02 Å². The highest BCUT2D eigenvalue weighted by atomic mass is 35.5. The topological polar surface area (TPSA) is 63.7 Å². The van der Waals surface area contributed by atoms with Crippen LogP contribution in [0.5, 0.6) is 0 Å². The smallest absolute Gasteiger partial charge is 0.307 e. The predicted octanol–water partition coefficient (Wildman–Crippen LogP) is 3.90. The molecule has 0 bridgehead atoms. The third kappa shape index (κ3) is 5.43. The van der Waals surface area contributed by atoms with E-state index in [1.807, 2.05) is 18.2 Å². The van der Waals surface area contributed by atoms with Crippen molar-refractivity contribution >= 4 is 34.9 Å². The number of amides is 1. The van der Waals surface area contributed by atoms with Crippen LogP contribution in [0.15, 0.2) is 54.6 Å². The van der Waals surface area contributed by atoms with Gasteiger partial charge in [-0.25, -0.2) is 0 Å². The molecular formula is C20H20ClNO4. The number of hydrogen-bond donors (Lipinski definition) is 0. The molecule has 1 unspecified atom stereocenters. The Morgan fingerprint density at radius 3 is 2.23 bits per heavy atom. The molecule has 2 rings (SSSR count). The van der Waals surface area contributed by atoms with Gasteiger partial charge in [-0.15, -0.1) is 0 Å². The van der Waals surface area contributed by atoms with Crippen LogP contribution < -0.4 is 4.90 Å². The number of carbonyl (C=O) groups excluding carboxylic acids is 3. The summed E-state index contributed by atoms with van der Waals surface area (Å²) in [5.74, 6) is -1.11. The number of nitrogens with zero attached hydrogens (tertiary/aromatic N) is 1. The fraction of sp³-hybridized carbons (Fsp3) is 0.250. The van der Waals surface area contributed by atoms with E-state index in [1.165, 1.54) is 11.8 Å². The van der Waals surface area contributed by atoms with E-state index in [9.17, 15) is 14.4 Å². The van der Waals surface area contributed by atoms with Gasteiger partial charge in [0.05, 0.1) is 6.42 Å². The highest BCUT2D eigenvalue weighted by Gasteiger charge is 2.22. The molecule has 0 radical (unpaired) electrons. The summed E-state index contributed by atoms with van der Waals surface area (Å²) in [5, 5.41) is 0.538. The number of benzene rings is 2. The molecule has 0 fully saturated rings. The van der Waals surface area contributed by atoms with Crippen molar-refractivity contribution in [2.75, 3.05) is 11.9 Å². The first-order chi connectivity index (χ1) is 12.4. The van der Waals surface area contributed by atoms with Gasteiger partial charge in [-0.1, -0.05) is 29.8 Å². The van der Waals surface area contributed by atoms with Crippen molar-refractivity contribution in [3.05, 3.63) is 65.2 Å². The van der Waals surface area contributed by atoms with Crippen molar-refractivity contribution in [3.8, 4) is 0 Å². The van der Waals surface area contributed by atoms with E-state index in [0.29, 0.717) is 16.3 Å². The Morgan fingerprint density at radius 2 is 1.62 bits per heavy atom. The lowest BCUT2D eigenvalue weighted by atomic mass is 10.1. The van der Waals surface area contributed by atoms with Crippen molar-refractivity contribution in [3.63, 3.8) is 0 Å². The zero-order valence-electron chi connectivity index (χ0n) is 14.6. The van der Waals surface area contributed by atoms with Crippen LogP contribution >= 0.6 is 11.6 Å². The summed E-state index contributed by atoms with van der Waals surface area (Å²) < 4.78 is 5.16. The molecule has 136 valence electrons. The highest BCUT2D eigenvalue weighted by molar-refractivity contribution is 6.30. The maximum atomic E-state index is 12.3. The first-order valence-electron chi connectivity index (χ1n) is 8.19. The van der Waals surface area contributed by atoms with E-state index in [-0.39, 0.29) is 24.5 Å². The maximum absolute atomic E-state index is 12.3. The zero-order valence-corrected chi connectivity index (χ0v) is 15.4. The van der Waals surface area contributed by atoms with Crippen LogP contribution in [0.1, 0.15) is 30.1 Å². The minimum absolute atomic E-state index is 0.00982. The first-order valence-corrected chi connectivity index (χ1v) is 8.57. The predicted molar refractivity (Wildman–Crippen MR) is 100 cm³/mol. The summed E-state index contributed by atoms with van der Waals surface area (Å²) >= 11 is 5.78. The van der Waals surface area contributed by atoms with E-state index in [2.05, 4.69) is 0 Å². The molecule has 0 saturated heterocycles. The lowest BCUT2D eigenvalue weighted by Crippen LogP contribution is -2.37. The lowest BCUT2D eigenvalue weighted by molar-refractivity contribution is -0.153. The average Bonchev–Trinajstić information content (AvgIpc) is 2.66. The summed E-state index contributed by atoms with van der Waals surface area (Å²) in [6.45, 7) is 1.51. The number of esters is 1. The van der Waals surface area contributed by atoms with Crippen LogP contribution in [0.3, 0.4) is 0 Å². The molecule has 5 nitrogen and oxygen atoms in total. The Kier molecular flexibility index (Phi) is 6.92. The fourth-order valence-electron chi connectivity index (χ4n) is 2.35. The third-order valence-corrected chi connectivity index (χ3v) is 4.10. The van der Waals surface area contributed by atoms with Gasteiger partial charge >= 0.3 is 5.97 Å². The molecule has 0 N–H and O–H groups in total. The van der Waals surface area contributed by atoms with Crippen LogP contribution in [-0.4, -0.2) is 30.8 Å². The molecule has 2 aromatic rings. The number of carbonyl (C=O) groups is 3. The summed E-state index contributed by atoms with van der Waals surface area (Å²) in [5.41, 5.74) is 1.19. The first kappa shape index (κ1) is 19.7. The van der Waals surface area contributed by atoms with Crippen LogP contribution in [-0.2, 0) is 14.3 Å². The van der Waals surface area contributed by atoms with Crippen molar-refractivity contribution in [1.82, 2.24) is 0 Å². The molecule has 1 amide bonds. The van der Waals surface area contributed by atoms with Crippen LogP contribution in [0, 0.1) is 0 Å². The van der Waals surface area contributed by atoms with E-state index in [4.69, 9.17) is 16.3 Å². The van der Waals surface area contributed by atoms with Gasteiger partial charge in [0.2, 0.25) is 0 Å². The summed E-state index contributed by atoms with van der Waals surface area (Å²) in [4.78, 5) is 37.8. The molecule has 6 heteroatoms. The van der Waals surface area contributed by atoms with Gasteiger partial charge in [0.25, 0.3) is 5.91 Å².